The molecule has 0 saturated heterocycles. The molecule has 7 nitrogen and oxygen atoms in total. The number of ether oxygens (including phenoxy) is 2. The van der Waals surface area contributed by atoms with Gasteiger partial charge >= 0.3 is 12.0 Å². The highest BCUT2D eigenvalue weighted by atomic mass is 16.5. The van der Waals surface area contributed by atoms with Crippen molar-refractivity contribution < 1.29 is 24.2 Å². The molecular weight excluding hydrogens is 468 g/mol. The second kappa shape index (κ2) is 13.9. The minimum atomic E-state index is -0.780. The third-order valence-electron chi connectivity index (χ3n) is 7.13. The monoisotopic (exact) mass is 510 g/mol. The number of benzene rings is 2. The van der Waals surface area contributed by atoms with Crippen molar-refractivity contribution in [1.82, 2.24) is 10.2 Å². The zero-order valence-electron chi connectivity index (χ0n) is 22.7. The molecule has 2 aromatic carbocycles. The normalized spacial score (nSPS) is 17.4. The summed E-state index contributed by atoms with van der Waals surface area (Å²) in [5.74, 6) is 0.905. The molecule has 1 aliphatic rings. The summed E-state index contributed by atoms with van der Waals surface area (Å²) in [6.45, 7) is 9.66. The number of rotatable bonds is 14. The molecule has 37 heavy (non-hydrogen) atoms. The summed E-state index contributed by atoms with van der Waals surface area (Å²) in [7, 11) is 0. The number of aliphatic carboxylic acids is 1. The van der Waals surface area contributed by atoms with Crippen LogP contribution in [0.3, 0.4) is 0 Å². The van der Waals surface area contributed by atoms with Gasteiger partial charge in [-0.15, -0.1) is 0 Å². The first-order valence-electron chi connectivity index (χ1n) is 13.5. The van der Waals surface area contributed by atoms with E-state index in [4.69, 9.17) is 14.6 Å². The highest BCUT2D eigenvalue weighted by molar-refractivity contribution is 5.75. The van der Waals surface area contributed by atoms with Gasteiger partial charge in [-0.25, -0.2) is 4.79 Å². The zero-order valence-corrected chi connectivity index (χ0v) is 22.7. The molecule has 1 saturated carbocycles. The van der Waals surface area contributed by atoms with Gasteiger partial charge in [0.1, 0.15) is 11.5 Å². The summed E-state index contributed by atoms with van der Waals surface area (Å²) in [4.78, 5) is 26.4. The second-order valence-electron chi connectivity index (χ2n) is 9.90. The number of aryl methyl sites for hydroxylation is 1. The molecule has 1 fully saturated rings. The first-order valence-corrected chi connectivity index (χ1v) is 13.5. The van der Waals surface area contributed by atoms with E-state index in [9.17, 15) is 9.59 Å². The van der Waals surface area contributed by atoms with Crippen LogP contribution in [0.1, 0.15) is 75.6 Å². The van der Waals surface area contributed by atoms with Crippen LogP contribution >= 0.6 is 0 Å². The van der Waals surface area contributed by atoms with Crippen LogP contribution in [-0.2, 0) is 11.2 Å². The van der Waals surface area contributed by atoms with Crippen molar-refractivity contribution >= 4 is 12.0 Å². The molecule has 202 valence electrons. The summed E-state index contributed by atoms with van der Waals surface area (Å²) < 4.78 is 11.8. The van der Waals surface area contributed by atoms with Gasteiger partial charge in [-0.1, -0.05) is 30.3 Å². The largest absolute Gasteiger partial charge is 0.493 e. The van der Waals surface area contributed by atoms with E-state index in [1.807, 2.05) is 50.8 Å². The first kappa shape index (κ1) is 28.4. The van der Waals surface area contributed by atoms with Gasteiger partial charge in [0.25, 0.3) is 0 Å². The molecule has 0 aromatic heterocycles. The summed E-state index contributed by atoms with van der Waals surface area (Å²) in [5.41, 5.74) is 3.22. The lowest BCUT2D eigenvalue weighted by Gasteiger charge is -2.38. The van der Waals surface area contributed by atoms with Crippen molar-refractivity contribution in [1.29, 1.82) is 0 Å². The van der Waals surface area contributed by atoms with Crippen LogP contribution < -0.4 is 14.8 Å². The summed E-state index contributed by atoms with van der Waals surface area (Å²) in [6, 6.07) is 14.1. The predicted molar refractivity (Wildman–Crippen MR) is 145 cm³/mol. The number of carboxylic acid groups (broad SMARTS) is 1. The highest BCUT2D eigenvalue weighted by Gasteiger charge is 2.33. The van der Waals surface area contributed by atoms with E-state index < -0.39 is 5.97 Å². The molecule has 2 N–H and O–H groups in total. The van der Waals surface area contributed by atoms with E-state index in [0.29, 0.717) is 32.6 Å². The van der Waals surface area contributed by atoms with Crippen molar-refractivity contribution in [3.05, 3.63) is 59.2 Å². The third-order valence-corrected chi connectivity index (χ3v) is 7.13. The number of urea groups is 1. The van der Waals surface area contributed by atoms with Crippen molar-refractivity contribution in [3.8, 4) is 11.5 Å². The SMILES string of the molecule is CCOc1cc(C(C)N(CCCCc2ccccc2)C(=O)NC2CC(CC(=O)O)C2)cc(OCC)c1C. The fraction of sp³-hybridized carbons (Fsp3) is 0.533. The Kier molecular flexibility index (Phi) is 10.7. The standard InChI is InChI=1S/C30H42N2O5/c1-5-36-27-19-25(20-28(21(27)3)37-6-2)22(4)32(15-11-10-14-23-12-8-7-9-13-23)30(35)31-26-16-24(17-26)18-29(33)34/h7-9,12-13,19-20,22,24,26H,5-6,10-11,14-18H2,1-4H3,(H,31,35)(H,33,34). The minimum absolute atomic E-state index is 0.0202. The van der Waals surface area contributed by atoms with E-state index >= 15 is 0 Å². The fourth-order valence-corrected chi connectivity index (χ4v) is 4.97. The van der Waals surface area contributed by atoms with E-state index in [0.717, 1.165) is 41.9 Å². The van der Waals surface area contributed by atoms with Crippen LogP contribution in [0.5, 0.6) is 11.5 Å². The molecule has 1 aliphatic carbocycles. The molecule has 0 aliphatic heterocycles. The number of nitrogens with zero attached hydrogens (tertiary/aromatic N) is 1. The highest BCUT2D eigenvalue weighted by Crippen LogP contribution is 2.35. The molecule has 1 atom stereocenters. The second-order valence-corrected chi connectivity index (χ2v) is 9.90. The maximum absolute atomic E-state index is 13.5. The van der Waals surface area contributed by atoms with Gasteiger partial charge in [-0.3, -0.25) is 4.79 Å². The predicted octanol–water partition coefficient (Wildman–Crippen LogP) is 6.14. The Morgan fingerprint density at radius 2 is 1.68 bits per heavy atom. The van der Waals surface area contributed by atoms with Crippen LogP contribution in [0.15, 0.2) is 42.5 Å². The number of carbonyl (C=O) groups excluding carboxylic acids is 1. The summed E-state index contributed by atoms with van der Waals surface area (Å²) in [5, 5.41) is 12.2. The lowest BCUT2D eigenvalue weighted by Crippen LogP contribution is -2.51. The molecule has 0 radical (unpaired) electrons. The van der Waals surface area contributed by atoms with Gasteiger partial charge in [0.05, 0.1) is 19.3 Å². The molecule has 0 heterocycles. The number of hydrogen-bond acceptors (Lipinski definition) is 4. The quantitative estimate of drug-likeness (QED) is 0.298. The molecule has 0 spiro atoms. The first-order chi connectivity index (χ1) is 17.8. The van der Waals surface area contributed by atoms with Crippen LogP contribution in [0.2, 0.25) is 0 Å². The van der Waals surface area contributed by atoms with Gasteiger partial charge < -0.3 is 24.8 Å². The smallest absolute Gasteiger partial charge is 0.318 e. The Morgan fingerprint density at radius 1 is 1.05 bits per heavy atom. The Balaban J connectivity index is 1.73. The van der Waals surface area contributed by atoms with Gasteiger partial charge in [0.2, 0.25) is 0 Å². The van der Waals surface area contributed by atoms with Gasteiger partial charge in [-0.2, -0.15) is 0 Å². The van der Waals surface area contributed by atoms with E-state index in [-0.39, 0.29) is 30.5 Å². The Morgan fingerprint density at radius 3 is 2.24 bits per heavy atom. The van der Waals surface area contributed by atoms with Gasteiger partial charge in [0.15, 0.2) is 0 Å². The molecular formula is C30H42N2O5. The molecule has 1 unspecified atom stereocenters. The lowest BCUT2D eigenvalue weighted by molar-refractivity contribution is -0.138. The number of amides is 2. The van der Waals surface area contributed by atoms with Crippen LogP contribution in [0.25, 0.3) is 0 Å². The molecule has 2 amide bonds. The number of hydrogen-bond donors (Lipinski definition) is 2. The van der Waals surface area contributed by atoms with Crippen molar-refractivity contribution in [2.45, 2.75) is 78.3 Å². The maximum atomic E-state index is 13.5. The third kappa shape index (κ3) is 8.14. The summed E-state index contributed by atoms with van der Waals surface area (Å²) in [6.07, 6.45) is 4.41. The molecule has 0 bridgehead atoms. The van der Waals surface area contributed by atoms with Gasteiger partial charge in [0, 0.05) is 24.6 Å². The number of unbranched alkanes of at least 4 members (excludes halogenated alkanes) is 1. The van der Waals surface area contributed by atoms with Crippen molar-refractivity contribution in [3.63, 3.8) is 0 Å². The van der Waals surface area contributed by atoms with Crippen molar-refractivity contribution in [2.24, 2.45) is 5.92 Å². The molecule has 2 aromatic rings. The average molecular weight is 511 g/mol. The van der Waals surface area contributed by atoms with E-state index in [1.165, 1.54) is 5.56 Å². The Hall–Kier alpha value is -3.22. The number of carbonyl (C=O) groups is 2. The minimum Gasteiger partial charge on any atom is -0.493 e. The van der Waals surface area contributed by atoms with Crippen LogP contribution in [0, 0.1) is 12.8 Å². The lowest BCUT2D eigenvalue weighted by atomic mass is 9.78. The van der Waals surface area contributed by atoms with E-state index in [2.05, 4.69) is 29.6 Å². The van der Waals surface area contributed by atoms with Crippen LogP contribution in [0.4, 0.5) is 4.79 Å². The van der Waals surface area contributed by atoms with Crippen LogP contribution in [-0.4, -0.2) is 47.8 Å². The van der Waals surface area contributed by atoms with Crippen molar-refractivity contribution in [2.75, 3.05) is 19.8 Å². The molecule has 7 heteroatoms. The Labute approximate surface area is 221 Å². The summed E-state index contributed by atoms with van der Waals surface area (Å²) >= 11 is 0. The maximum Gasteiger partial charge on any atom is 0.318 e. The Bertz CT molecular complexity index is 993. The average Bonchev–Trinajstić information content (AvgIpc) is 2.85. The zero-order chi connectivity index (χ0) is 26.8. The number of carboxylic acids is 1. The number of nitrogens with one attached hydrogen (secondary N) is 1. The molecule has 3 rings (SSSR count). The topological polar surface area (TPSA) is 88.1 Å². The van der Waals surface area contributed by atoms with Gasteiger partial charge in [-0.05, 0) is 89.0 Å². The fourth-order valence-electron chi connectivity index (χ4n) is 4.97. The van der Waals surface area contributed by atoms with E-state index in [1.54, 1.807) is 0 Å².